The molecule has 0 saturated carbocycles. The third-order valence-corrected chi connectivity index (χ3v) is 8.69. The van der Waals surface area contributed by atoms with Gasteiger partial charge in [-0.15, -0.1) is 0 Å². The standard InChI is InChI=1S/C23H32N2O5S/c26-22(24-12-4-1-5-13-24)17-30-23(27)19-10-14-25(15-11-19)31(28,29)21-9-8-18-6-2-3-7-20(18)16-21/h8-9,16,19H,1-7,10-15,17H2. The molecule has 1 aliphatic carbocycles. The van der Waals surface area contributed by atoms with Gasteiger partial charge in [0.2, 0.25) is 10.0 Å². The molecule has 0 unspecified atom stereocenters. The van der Waals surface area contributed by atoms with E-state index in [1.807, 2.05) is 12.1 Å². The molecule has 0 N–H and O–H groups in total. The van der Waals surface area contributed by atoms with Gasteiger partial charge in [-0.1, -0.05) is 6.07 Å². The zero-order valence-corrected chi connectivity index (χ0v) is 18.9. The molecule has 2 fully saturated rings. The summed E-state index contributed by atoms with van der Waals surface area (Å²) in [6, 6.07) is 5.49. The Morgan fingerprint density at radius 1 is 0.903 bits per heavy atom. The van der Waals surface area contributed by atoms with E-state index in [9.17, 15) is 18.0 Å². The van der Waals surface area contributed by atoms with Crippen molar-refractivity contribution in [3.63, 3.8) is 0 Å². The molecule has 1 amide bonds. The van der Waals surface area contributed by atoms with E-state index in [0.717, 1.165) is 63.6 Å². The average Bonchev–Trinajstić information content (AvgIpc) is 2.82. The van der Waals surface area contributed by atoms with Crippen LogP contribution in [0.1, 0.15) is 56.1 Å². The Morgan fingerprint density at radius 2 is 1.58 bits per heavy atom. The summed E-state index contributed by atoms with van der Waals surface area (Å²) in [4.78, 5) is 26.7. The predicted octanol–water partition coefficient (Wildman–Crippen LogP) is 2.52. The van der Waals surface area contributed by atoms with Gasteiger partial charge in [0.15, 0.2) is 6.61 Å². The summed E-state index contributed by atoms with van der Waals surface area (Å²) in [7, 11) is -3.56. The van der Waals surface area contributed by atoms with Crippen molar-refractivity contribution in [3.05, 3.63) is 29.3 Å². The molecule has 0 aromatic heterocycles. The lowest BCUT2D eigenvalue weighted by atomic mass is 9.92. The number of hydrogen-bond acceptors (Lipinski definition) is 5. The average molecular weight is 449 g/mol. The second-order valence-electron chi connectivity index (χ2n) is 8.87. The molecule has 2 saturated heterocycles. The van der Waals surface area contributed by atoms with E-state index in [1.165, 1.54) is 9.87 Å². The number of piperidine rings is 2. The summed E-state index contributed by atoms with van der Waals surface area (Å²) in [6.45, 7) is 1.83. The fraction of sp³-hybridized carbons (Fsp3) is 0.652. The van der Waals surface area contributed by atoms with Crippen LogP contribution < -0.4 is 0 Å². The number of nitrogens with zero attached hydrogens (tertiary/aromatic N) is 2. The fourth-order valence-electron chi connectivity index (χ4n) is 4.84. The van der Waals surface area contributed by atoms with Crippen molar-refractivity contribution < 1.29 is 22.7 Å². The number of hydrogen-bond donors (Lipinski definition) is 0. The van der Waals surface area contributed by atoms with Crippen LogP contribution in [0.3, 0.4) is 0 Å². The highest BCUT2D eigenvalue weighted by Crippen LogP contribution is 2.28. The number of amides is 1. The third-order valence-electron chi connectivity index (χ3n) is 6.79. The Hall–Kier alpha value is -1.93. The number of rotatable bonds is 5. The SMILES string of the molecule is O=C(OCC(=O)N1CCCCC1)C1CCN(S(=O)(=O)c2ccc3c(c2)CCCC3)CC1. The van der Waals surface area contributed by atoms with Gasteiger partial charge in [0.1, 0.15) is 0 Å². The maximum Gasteiger partial charge on any atom is 0.309 e. The van der Waals surface area contributed by atoms with E-state index in [1.54, 1.807) is 11.0 Å². The second kappa shape index (κ2) is 9.69. The quantitative estimate of drug-likeness (QED) is 0.647. The number of likely N-dealkylation sites (tertiary alicyclic amines) is 1. The summed E-state index contributed by atoms with van der Waals surface area (Å²) in [5.41, 5.74) is 2.40. The number of ether oxygens (including phenoxy) is 1. The Morgan fingerprint density at radius 3 is 2.29 bits per heavy atom. The summed E-state index contributed by atoms with van der Waals surface area (Å²) in [5.74, 6) is -0.888. The molecular weight excluding hydrogens is 416 g/mol. The van der Waals surface area contributed by atoms with Crippen LogP contribution in [0.15, 0.2) is 23.1 Å². The van der Waals surface area contributed by atoms with Crippen LogP contribution in [0.2, 0.25) is 0 Å². The van der Waals surface area contributed by atoms with Gasteiger partial charge in [-0.05, 0) is 81.0 Å². The number of fused-ring (bicyclic) bond motifs is 1. The van der Waals surface area contributed by atoms with Gasteiger partial charge in [0.25, 0.3) is 5.91 Å². The number of carbonyl (C=O) groups excluding carboxylic acids is 2. The molecule has 31 heavy (non-hydrogen) atoms. The van der Waals surface area contributed by atoms with Gasteiger partial charge < -0.3 is 9.64 Å². The Balaban J connectivity index is 1.29. The van der Waals surface area contributed by atoms with Crippen LogP contribution >= 0.6 is 0 Å². The highest BCUT2D eigenvalue weighted by Gasteiger charge is 2.33. The molecule has 0 atom stereocenters. The van der Waals surface area contributed by atoms with E-state index in [2.05, 4.69) is 0 Å². The van der Waals surface area contributed by atoms with E-state index in [4.69, 9.17) is 4.74 Å². The summed E-state index contributed by atoms with van der Waals surface area (Å²) < 4.78 is 32.9. The van der Waals surface area contributed by atoms with Crippen LogP contribution in [0.4, 0.5) is 0 Å². The van der Waals surface area contributed by atoms with Gasteiger partial charge in [-0.25, -0.2) is 8.42 Å². The van der Waals surface area contributed by atoms with Crippen molar-refractivity contribution in [2.24, 2.45) is 5.92 Å². The minimum Gasteiger partial charge on any atom is -0.455 e. The number of carbonyl (C=O) groups is 2. The lowest BCUT2D eigenvalue weighted by molar-refractivity contribution is -0.156. The van der Waals surface area contributed by atoms with E-state index in [0.29, 0.717) is 30.8 Å². The van der Waals surface area contributed by atoms with E-state index >= 15 is 0 Å². The van der Waals surface area contributed by atoms with E-state index in [-0.39, 0.29) is 18.4 Å². The topological polar surface area (TPSA) is 84.0 Å². The van der Waals surface area contributed by atoms with Crippen LogP contribution in [0, 0.1) is 5.92 Å². The third kappa shape index (κ3) is 5.12. The first kappa shape index (κ1) is 22.3. The highest BCUT2D eigenvalue weighted by atomic mass is 32.2. The molecule has 4 rings (SSSR count). The van der Waals surface area contributed by atoms with Gasteiger partial charge in [-0.2, -0.15) is 4.31 Å². The van der Waals surface area contributed by atoms with E-state index < -0.39 is 16.0 Å². The molecule has 0 bridgehead atoms. The number of benzene rings is 1. The van der Waals surface area contributed by atoms with Crippen molar-refractivity contribution in [2.45, 2.75) is 62.7 Å². The lowest BCUT2D eigenvalue weighted by Crippen LogP contribution is -2.42. The number of aryl methyl sites for hydroxylation is 2. The van der Waals surface area contributed by atoms with Gasteiger partial charge in [-0.3, -0.25) is 9.59 Å². The lowest BCUT2D eigenvalue weighted by Gasteiger charge is -2.31. The van der Waals surface area contributed by atoms with Crippen molar-refractivity contribution in [2.75, 3.05) is 32.8 Å². The first-order valence-electron chi connectivity index (χ1n) is 11.5. The van der Waals surface area contributed by atoms with Crippen LogP contribution in [-0.4, -0.2) is 62.3 Å². The highest BCUT2D eigenvalue weighted by molar-refractivity contribution is 7.89. The Bertz CT molecular complexity index is 916. The number of esters is 1. The molecule has 2 aliphatic heterocycles. The largest absolute Gasteiger partial charge is 0.455 e. The van der Waals surface area contributed by atoms with Crippen LogP contribution in [0.5, 0.6) is 0 Å². The van der Waals surface area contributed by atoms with Crippen LogP contribution in [-0.2, 0) is 37.2 Å². The Kier molecular flexibility index (Phi) is 6.96. The van der Waals surface area contributed by atoms with Gasteiger partial charge >= 0.3 is 5.97 Å². The van der Waals surface area contributed by atoms with Crippen molar-refractivity contribution >= 4 is 21.9 Å². The normalized spacial score (nSPS) is 20.8. The maximum atomic E-state index is 13.1. The smallest absolute Gasteiger partial charge is 0.309 e. The molecule has 1 aromatic rings. The Labute approximate surface area is 184 Å². The molecule has 1 aromatic carbocycles. The minimum absolute atomic E-state index is 0.138. The molecule has 2 heterocycles. The molecule has 0 radical (unpaired) electrons. The summed E-state index contributed by atoms with van der Waals surface area (Å²) >= 11 is 0. The summed E-state index contributed by atoms with van der Waals surface area (Å²) in [6.07, 6.45) is 8.18. The molecule has 0 spiro atoms. The fourth-order valence-corrected chi connectivity index (χ4v) is 6.36. The molecule has 170 valence electrons. The molecular formula is C23H32N2O5S. The molecule has 7 nitrogen and oxygen atoms in total. The number of sulfonamides is 1. The second-order valence-corrected chi connectivity index (χ2v) is 10.8. The summed E-state index contributed by atoms with van der Waals surface area (Å²) in [5, 5.41) is 0. The first-order valence-corrected chi connectivity index (χ1v) is 13.0. The van der Waals surface area contributed by atoms with Crippen molar-refractivity contribution in [1.82, 2.24) is 9.21 Å². The zero-order valence-electron chi connectivity index (χ0n) is 18.1. The minimum atomic E-state index is -3.56. The van der Waals surface area contributed by atoms with Crippen molar-refractivity contribution in [3.8, 4) is 0 Å². The van der Waals surface area contributed by atoms with Gasteiger partial charge in [0.05, 0.1) is 10.8 Å². The van der Waals surface area contributed by atoms with Crippen molar-refractivity contribution in [1.29, 1.82) is 0 Å². The first-order chi connectivity index (χ1) is 14.9. The predicted molar refractivity (Wildman–Crippen MR) is 116 cm³/mol. The van der Waals surface area contributed by atoms with Crippen LogP contribution in [0.25, 0.3) is 0 Å². The monoisotopic (exact) mass is 448 g/mol. The van der Waals surface area contributed by atoms with Gasteiger partial charge in [0, 0.05) is 26.2 Å². The zero-order chi connectivity index (χ0) is 21.8. The molecule has 3 aliphatic rings. The maximum absolute atomic E-state index is 13.1. The molecule has 8 heteroatoms.